The third-order valence-electron chi connectivity index (χ3n) is 2.61. The summed E-state index contributed by atoms with van der Waals surface area (Å²) in [4.78, 5) is 0. The van der Waals surface area contributed by atoms with Gasteiger partial charge in [-0.25, -0.2) is 0 Å². The van der Waals surface area contributed by atoms with Gasteiger partial charge in [0.05, 0.1) is 0 Å². The predicted molar refractivity (Wildman–Crippen MR) is 50.1 cm³/mol. The van der Waals surface area contributed by atoms with Gasteiger partial charge in [0.25, 0.3) is 0 Å². The fourth-order valence-corrected chi connectivity index (χ4v) is 2.18. The molecule has 0 amide bonds. The van der Waals surface area contributed by atoms with Gasteiger partial charge in [0.1, 0.15) is 5.54 Å². The highest BCUT2D eigenvalue weighted by Gasteiger charge is 2.56. The molecule has 4 heteroatoms. The van der Waals surface area contributed by atoms with Crippen molar-refractivity contribution in [1.82, 2.24) is 5.32 Å². The van der Waals surface area contributed by atoms with Crippen molar-refractivity contribution in [3.63, 3.8) is 0 Å². The highest BCUT2D eigenvalue weighted by Crippen LogP contribution is 2.43. The molecule has 1 N–H and O–H groups in total. The van der Waals surface area contributed by atoms with E-state index in [0.29, 0.717) is 12.8 Å². The predicted octanol–water partition coefficient (Wildman–Crippen LogP) is 3.25. The molecule has 0 aromatic rings. The Morgan fingerprint density at radius 3 is 1.71 bits per heavy atom. The second-order valence-corrected chi connectivity index (χ2v) is 5.16. The largest absolute Gasteiger partial charge is 0.406 e. The Hall–Kier alpha value is -0.250. The van der Waals surface area contributed by atoms with E-state index in [4.69, 9.17) is 0 Å². The molecular weight excluding hydrogens is 191 g/mol. The zero-order chi connectivity index (χ0) is 11.0. The fraction of sp³-hybridized carbons (Fsp3) is 1.00. The molecule has 0 aliphatic heterocycles. The lowest BCUT2D eigenvalue weighted by molar-refractivity contribution is -0.199. The van der Waals surface area contributed by atoms with Crippen LogP contribution in [0.2, 0.25) is 0 Å². The second-order valence-electron chi connectivity index (χ2n) is 5.16. The molecule has 0 spiro atoms. The molecule has 1 aliphatic rings. The maximum absolute atomic E-state index is 12.9. The van der Waals surface area contributed by atoms with E-state index in [1.807, 2.05) is 0 Å². The Morgan fingerprint density at radius 1 is 1.00 bits per heavy atom. The van der Waals surface area contributed by atoms with Crippen molar-refractivity contribution < 1.29 is 13.2 Å². The normalized spacial score (nSPS) is 22.7. The summed E-state index contributed by atoms with van der Waals surface area (Å²) >= 11 is 0. The highest BCUT2D eigenvalue weighted by molar-refractivity contribution is 5.01. The van der Waals surface area contributed by atoms with Crippen LogP contribution in [0.5, 0.6) is 0 Å². The molecule has 0 atom stereocenters. The first-order valence-corrected chi connectivity index (χ1v) is 5.02. The van der Waals surface area contributed by atoms with E-state index in [1.165, 1.54) is 0 Å². The molecule has 0 radical (unpaired) electrons. The van der Waals surface area contributed by atoms with Crippen molar-refractivity contribution in [2.24, 2.45) is 0 Å². The van der Waals surface area contributed by atoms with Crippen LogP contribution < -0.4 is 5.32 Å². The zero-order valence-corrected chi connectivity index (χ0v) is 8.96. The first-order chi connectivity index (χ1) is 6.16. The summed E-state index contributed by atoms with van der Waals surface area (Å²) in [5.41, 5.74) is -2.12. The van der Waals surface area contributed by atoms with E-state index in [2.05, 4.69) is 5.32 Å². The van der Waals surface area contributed by atoms with Crippen LogP contribution in [0, 0.1) is 0 Å². The van der Waals surface area contributed by atoms with E-state index >= 15 is 0 Å². The van der Waals surface area contributed by atoms with Crippen LogP contribution in [-0.4, -0.2) is 17.3 Å². The van der Waals surface area contributed by atoms with Gasteiger partial charge in [-0.2, -0.15) is 13.2 Å². The summed E-state index contributed by atoms with van der Waals surface area (Å²) in [6.07, 6.45) is -2.36. The van der Waals surface area contributed by atoms with E-state index in [9.17, 15) is 13.2 Å². The summed E-state index contributed by atoms with van der Waals surface area (Å²) < 4.78 is 38.7. The summed E-state index contributed by atoms with van der Waals surface area (Å²) in [6, 6.07) is 0. The van der Waals surface area contributed by atoms with Crippen molar-refractivity contribution in [2.75, 3.05) is 0 Å². The fourth-order valence-electron chi connectivity index (χ4n) is 2.18. The average molecular weight is 209 g/mol. The van der Waals surface area contributed by atoms with Gasteiger partial charge in [0.15, 0.2) is 0 Å². The molecule has 1 saturated carbocycles. The SMILES string of the molecule is CC(C)(C)NC1(C(F)(F)F)CCCC1. The first-order valence-electron chi connectivity index (χ1n) is 5.02. The van der Waals surface area contributed by atoms with Crippen LogP contribution in [0.3, 0.4) is 0 Å². The minimum atomic E-state index is -4.13. The van der Waals surface area contributed by atoms with Gasteiger partial charge in [0, 0.05) is 5.54 Å². The van der Waals surface area contributed by atoms with E-state index in [1.54, 1.807) is 20.8 Å². The molecule has 14 heavy (non-hydrogen) atoms. The minimum Gasteiger partial charge on any atom is -0.299 e. The molecule has 0 aromatic carbocycles. The van der Waals surface area contributed by atoms with Crippen LogP contribution in [0.25, 0.3) is 0 Å². The Morgan fingerprint density at radius 2 is 1.43 bits per heavy atom. The van der Waals surface area contributed by atoms with E-state index < -0.39 is 17.3 Å². The molecule has 0 heterocycles. The Balaban J connectivity index is 2.83. The minimum absolute atomic E-state index is 0.216. The molecule has 0 bridgehead atoms. The molecule has 1 rings (SSSR count). The quantitative estimate of drug-likeness (QED) is 0.699. The highest BCUT2D eigenvalue weighted by atomic mass is 19.4. The molecule has 0 unspecified atom stereocenters. The lowest BCUT2D eigenvalue weighted by Crippen LogP contribution is -2.60. The number of rotatable bonds is 1. The van der Waals surface area contributed by atoms with E-state index in [0.717, 1.165) is 0 Å². The van der Waals surface area contributed by atoms with Crippen molar-refractivity contribution in [3.8, 4) is 0 Å². The number of halogens is 3. The Labute approximate surface area is 83.1 Å². The monoisotopic (exact) mass is 209 g/mol. The number of hydrogen-bond donors (Lipinski definition) is 1. The third-order valence-corrected chi connectivity index (χ3v) is 2.61. The Bertz CT molecular complexity index is 196. The molecule has 0 saturated heterocycles. The van der Waals surface area contributed by atoms with Gasteiger partial charge >= 0.3 is 6.18 Å². The summed E-state index contributed by atoms with van der Waals surface area (Å²) in [5, 5.41) is 2.75. The topological polar surface area (TPSA) is 12.0 Å². The van der Waals surface area contributed by atoms with Crippen molar-refractivity contribution in [3.05, 3.63) is 0 Å². The molecule has 84 valence electrons. The molecule has 1 nitrogen and oxygen atoms in total. The van der Waals surface area contributed by atoms with Gasteiger partial charge in [-0.1, -0.05) is 12.8 Å². The van der Waals surface area contributed by atoms with Crippen LogP contribution in [-0.2, 0) is 0 Å². The summed E-state index contributed by atoms with van der Waals surface area (Å²) in [5.74, 6) is 0. The number of alkyl halides is 3. The maximum Gasteiger partial charge on any atom is 0.406 e. The van der Waals surface area contributed by atoms with Gasteiger partial charge in [-0.05, 0) is 33.6 Å². The number of nitrogens with one attached hydrogen (secondary N) is 1. The van der Waals surface area contributed by atoms with Gasteiger partial charge < -0.3 is 0 Å². The van der Waals surface area contributed by atoms with Crippen LogP contribution >= 0.6 is 0 Å². The average Bonchev–Trinajstić information content (AvgIpc) is 2.31. The van der Waals surface area contributed by atoms with Crippen molar-refractivity contribution in [1.29, 1.82) is 0 Å². The molecule has 0 aromatic heterocycles. The lowest BCUT2D eigenvalue weighted by Gasteiger charge is -2.39. The van der Waals surface area contributed by atoms with Gasteiger partial charge in [0.2, 0.25) is 0 Å². The van der Waals surface area contributed by atoms with Crippen LogP contribution in [0.4, 0.5) is 13.2 Å². The third kappa shape index (κ3) is 2.41. The molecule has 1 fully saturated rings. The van der Waals surface area contributed by atoms with Crippen LogP contribution in [0.1, 0.15) is 46.5 Å². The van der Waals surface area contributed by atoms with Crippen molar-refractivity contribution >= 4 is 0 Å². The van der Waals surface area contributed by atoms with E-state index in [-0.39, 0.29) is 12.8 Å². The number of hydrogen-bond acceptors (Lipinski definition) is 1. The lowest BCUT2D eigenvalue weighted by atomic mass is 9.92. The molecule has 1 aliphatic carbocycles. The van der Waals surface area contributed by atoms with Gasteiger partial charge in [-0.3, -0.25) is 5.32 Å². The standard InChI is InChI=1S/C10H18F3N/c1-8(2,3)14-9(10(11,12)13)6-4-5-7-9/h14H,4-7H2,1-3H3. The Kier molecular flexibility index (Phi) is 2.87. The summed E-state index contributed by atoms with van der Waals surface area (Å²) in [7, 11) is 0. The second kappa shape index (κ2) is 3.40. The van der Waals surface area contributed by atoms with Crippen molar-refractivity contribution in [2.45, 2.75) is 63.7 Å². The van der Waals surface area contributed by atoms with Crippen LogP contribution in [0.15, 0.2) is 0 Å². The zero-order valence-electron chi connectivity index (χ0n) is 8.96. The summed E-state index contributed by atoms with van der Waals surface area (Å²) in [6.45, 7) is 5.33. The van der Waals surface area contributed by atoms with Gasteiger partial charge in [-0.15, -0.1) is 0 Å². The first kappa shape index (κ1) is 11.8. The smallest absolute Gasteiger partial charge is 0.299 e. The maximum atomic E-state index is 12.9. The molecular formula is C10H18F3N.